The zero-order valence-corrected chi connectivity index (χ0v) is 12.6. The summed E-state index contributed by atoms with van der Waals surface area (Å²) in [5.41, 5.74) is 9.15. The molecule has 0 spiro atoms. The molecule has 0 saturated heterocycles. The number of halogens is 1. The van der Waals surface area contributed by atoms with E-state index in [9.17, 15) is 0 Å². The van der Waals surface area contributed by atoms with Gasteiger partial charge in [-0.1, -0.05) is 40.2 Å². The highest BCUT2D eigenvalue weighted by Crippen LogP contribution is 2.29. The Morgan fingerprint density at radius 2 is 1.90 bits per heavy atom. The first-order chi connectivity index (χ1) is 10.2. The highest BCUT2D eigenvalue weighted by atomic mass is 79.9. The van der Waals surface area contributed by atoms with E-state index in [2.05, 4.69) is 27.1 Å². The zero-order valence-electron chi connectivity index (χ0n) is 11.0. The second-order valence-electron chi connectivity index (χ2n) is 4.51. The van der Waals surface area contributed by atoms with E-state index in [1.807, 2.05) is 42.5 Å². The molecular formula is C16H11BrN4. The van der Waals surface area contributed by atoms with Crippen molar-refractivity contribution in [2.24, 2.45) is 0 Å². The number of benzene rings is 2. The third-order valence-electron chi connectivity index (χ3n) is 3.11. The Labute approximate surface area is 130 Å². The van der Waals surface area contributed by atoms with Crippen molar-refractivity contribution in [3.05, 3.63) is 64.6 Å². The maximum atomic E-state index is 8.98. The van der Waals surface area contributed by atoms with Gasteiger partial charge in [0.1, 0.15) is 5.82 Å². The zero-order chi connectivity index (χ0) is 14.8. The molecular weight excluding hydrogens is 328 g/mol. The number of aromatic nitrogens is 2. The molecule has 2 aromatic carbocycles. The molecule has 0 aliphatic rings. The van der Waals surface area contributed by atoms with E-state index in [1.165, 1.54) is 0 Å². The number of nitrogens with two attached hydrogens (primary N) is 1. The van der Waals surface area contributed by atoms with E-state index in [4.69, 9.17) is 11.0 Å². The van der Waals surface area contributed by atoms with Crippen LogP contribution < -0.4 is 5.73 Å². The van der Waals surface area contributed by atoms with Gasteiger partial charge in [0.2, 0.25) is 0 Å². The Kier molecular flexibility index (Phi) is 3.46. The lowest BCUT2D eigenvalue weighted by Crippen LogP contribution is -2.01. The van der Waals surface area contributed by atoms with Crippen LogP contribution in [0.4, 0.5) is 5.82 Å². The number of nitriles is 1. The minimum absolute atomic E-state index is 0.524. The molecule has 3 aromatic rings. The molecule has 1 heterocycles. The molecule has 0 radical (unpaired) electrons. The van der Waals surface area contributed by atoms with Crippen LogP contribution in [-0.2, 0) is 0 Å². The molecule has 3 rings (SSSR count). The first-order valence-electron chi connectivity index (χ1n) is 6.30. The van der Waals surface area contributed by atoms with Crippen LogP contribution in [0.3, 0.4) is 0 Å². The summed E-state index contributed by atoms with van der Waals surface area (Å²) >= 11 is 3.51. The van der Waals surface area contributed by atoms with Crippen LogP contribution in [0.2, 0.25) is 0 Å². The summed E-state index contributed by atoms with van der Waals surface area (Å²) in [7, 11) is 0. The van der Waals surface area contributed by atoms with Crippen molar-refractivity contribution in [3.63, 3.8) is 0 Å². The second-order valence-corrected chi connectivity index (χ2v) is 5.36. The summed E-state index contributed by atoms with van der Waals surface area (Å²) in [5, 5.41) is 13.5. The fourth-order valence-corrected chi connectivity index (χ4v) is 2.60. The number of anilines is 1. The molecule has 0 aliphatic carbocycles. The average Bonchev–Trinajstić information content (AvgIpc) is 2.89. The maximum Gasteiger partial charge on any atom is 0.127 e. The van der Waals surface area contributed by atoms with Gasteiger partial charge in [-0.25, -0.2) is 4.68 Å². The quantitative estimate of drug-likeness (QED) is 0.773. The van der Waals surface area contributed by atoms with Crippen molar-refractivity contribution in [1.82, 2.24) is 9.78 Å². The lowest BCUT2D eigenvalue weighted by atomic mass is 10.1. The lowest BCUT2D eigenvalue weighted by Gasteiger charge is -2.04. The Morgan fingerprint density at radius 1 is 1.10 bits per heavy atom. The summed E-state index contributed by atoms with van der Waals surface area (Å²) in [4.78, 5) is 0. The van der Waals surface area contributed by atoms with Crippen LogP contribution in [-0.4, -0.2) is 9.78 Å². The van der Waals surface area contributed by atoms with Gasteiger partial charge in [0.15, 0.2) is 0 Å². The Balaban J connectivity index is 2.10. The van der Waals surface area contributed by atoms with E-state index in [1.54, 1.807) is 16.8 Å². The molecule has 0 fully saturated rings. The van der Waals surface area contributed by atoms with Gasteiger partial charge in [-0.05, 0) is 24.3 Å². The van der Waals surface area contributed by atoms with Gasteiger partial charge in [-0.3, -0.25) is 0 Å². The molecule has 21 heavy (non-hydrogen) atoms. The van der Waals surface area contributed by atoms with E-state index < -0.39 is 0 Å². The smallest absolute Gasteiger partial charge is 0.127 e. The van der Waals surface area contributed by atoms with Crippen LogP contribution in [0.5, 0.6) is 0 Å². The summed E-state index contributed by atoms with van der Waals surface area (Å²) in [5.74, 6) is 0.524. The summed E-state index contributed by atoms with van der Waals surface area (Å²) in [6.07, 6.45) is 0. The van der Waals surface area contributed by atoms with Crippen LogP contribution in [0.1, 0.15) is 5.56 Å². The summed E-state index contributed by atoms with van der Waals surface area (Å²) in [6.45, 7) is 0. The molecule has 5 heteroatoms. The molecule has 0 amide bonds. The molecule has 0 atom stereocenters. The number of rotatable bonds is 2. The molecule has 0 bridgehead atoms. The van der Waals surface area contributed by atoms with Gasteiger partial charge >= 0.3 is 0 Å². The molecule has 2 N–H and O–H groups in total. The molecule has 0 unspecified atom stereocenters. The Morgan fingerprint density at radius 3 is 2.67 bits per heavy atom. The van der Waals surface area contributed by atoms with Gasteiger partial charge in [0.05, 0.1) is 23.0 Å². The molecule has 0 saturated carbocycles. The third kappa shape index (κ3) is 2.54. The first-order valence-corrected chi connectivity index (χ1v) is 7.09. The molecule has 4 nitrogen and oxygen atoms in total. The lowest BCUT2D eigenvalue weighted by molar-refractivity contribution is 0.894. The Bertz CT molecular complexity index is 845. The number of nitrogens with zero attached hydrogens (tertiary/aromatic N) is 3. The van der Waals surface area contributed by atoms with Crippen LogP contribution in [0.15, 0.2) is 59.1 Å². The van der Waals surface area contributed by atoms with Crippen LogP contribution in [0.25, 0.3) is 16.9 Å². The molecule has 1 aromatic heterocycles. The van der Waals surface area contributed by atoms with Crippen LogP contribution in [0, 0.1) is 11.3 Å². The third-order valence-corrected chi connectivity index (χ3v) is 3.80. The van der Waals surface area contributed by atoms with Gasteiger partial charge in [0, 0.05) is 16.1 Å². The van der Waals surface area contributed by atoms with Crippen molar-refractivity contribution in [1.29, 1.82) is 5.26 Å². The number of hydrogen-bond donors (Lipinski definition) is 1. The number of hydrogen-bond acceptors (Lipinski definition) is 3. The number of nitrogen functional groups attached to an aromatic ring is 1. The van der Waals surface area contributed by atoms with E-state index >= 15 is 0 Å². The summed E-state index contributed by atoms with van der Waals surface area (Å²) < 4.78 is 2.59. The Hall–Kier alpha value is -2.58. The maximum absolute atomic E-state index is 8.98. The highest BCUT2D eigenvalue weighted by molar-refractivity contribution is 9.10. The minimum atomic E-state index is 0.524. The van der Waals surface area contributed by atoms with Gasteiger partial charge in [-0.15, -0.1) is 0 Å². The summed E-state index contributed by atoms with van der Waals surface area (Å²) in [6, 6.07) is 19.0. The standard InChI is InChI=1S/C16H11BrN4/c17-14-7-2-1-6-13(14)15-9-16(19)21(20-15)12-5-3-4-11(8-12)10-18/h1-9H,19H2. The van der Waals surface area contributed by atoms with Crippen molar-refractivity contribution >= 4 is 21.7 Å². The fraction of sp³-hybridized carbons (Fsp3) is 0. The van der Waals surface area contributed by atoms with Crippen LogP contribution >= 0.6 is 15.9 Å². The van der Waals surface area contributed by atoms with E-state index in [-0.39, 0.29) is 0 Å². The van der Waals surface area contributed by atoms with E-state index in [0.29, 0.717) is 11.4 Å². The normalized spacial score (nSPS) is 10.3. The highest BCUT2D eigenvalue weighted by Gasteiger charge is 2.11. The first kappa shape index (κ1) is 13.4. The SMILES string of the molecule is N#Cc1cccc(-n2nc(-c3ccccc3Br)cc2N)c1. The van der Waals surface area contributed by atoms with Crippen molar-refractivity contribution < 1.29 is 0 Å². The van der Waals surface area contributed by atoms with Gasteiger partial charge in [-0.2, -0.15) is 10.4 Å². The average molecular weight is 339 g/mol. The van der Waals surface area contributed by atoms with Crippen molar-refractivity contribution in [3.8, 4) is 23.0 Å². The predicted molar refractivity (Wildman–Crippen MR) is 85.8 cm³/mol. The van der Waals surface area contributed by atoms with Gasteiger partial charge < -0.3 is 5.73 Å². The fourth-order valence-electron chi connectivity index (χ4n) is 2.11. The van der Waals surface area contributed by atoms with E-state index in [0.717, 1.165) is 21.4 Å². The molecule has 0 aliphatic heterocycles. The second kappa shape index (κ2) is 5.43. The monoisotopic (exact) mass is 338 g/mol. The molecule has 102 valence electrons. The largest absolute Gasteiger partial charge is 0.384 e. The topological polar surface area (TPSA) is 67.6 Å². The van der Waals surface area contributed by atoms with Crippen molar-refractivity contribution in [2.75, 3.05) is 5.73 Å². The predicted octanol–water partition coefficient (Wildman–Crippen LogP) is 3.76. The minimum Gasteiger partial charge on any atom is -0.384 e. The van der Waals surface area contributed by atoms with Crippen molar-refractivity contribution in [2.45, 2.75) is 0 Å². The van der Waals surface area contributed by atoms with Gasteiger partial charge in [0.25, 0.3) is 0 Å².